The standard InChI is InChI=1S/C20H24O/c1-19(2,3)13-10-11-17-15(12-13)14-8-7-9-16(18(14)21-17)20(4,5)6/h7-12H,1-6H3. The highest BCUT2D eigenvalue weighted by atomic mass is 16.3. The van der Waals surface area contributed by atoms with Gasteiger partial charge in [0, 0.05) is 16.3 Å². The lowest BCUT2D eigenvalue weighted by atomic mass is 9.85. The van der Waals surface area contributed by atoms with Crippen LogP contribution in [-0.2, 0) is 10.8 Å². The first-order chi connectivity index (χ1) is 9.68. The van der Waals surface area contributed by atoms with Gasteiger partial charge in [-0.3, -0.25) is 0 Å². The number of para-hydroxylation sites is 1. The zero-order valence-electron chi connectivity index (χ0n) is 13.9. The highest BCUT2D eigenvalue weighted by Gasteiger charge is 2.21. The van der Waals surface area contributed by atoms with E-state index >= 15 is 0 Å². The van der Waals surface area contributed by atoms with E-state index in [9.17, 15) is 0 Å². The molecule has 0 aliphatic carbocycles. The van der Waals surface area contributed by atoms with Crippen molar-refractivity contribution < 1.29 is 4.42 Å². The molecule has 21 heavy (non-hydrogen) atoms. The highest BCUT2D eigenvalue weighted by molar-refractivity contribution is 6.06. The van der Waals surface area contributed by atoms with Gasteiger partial charge in [-0.15, -0.1) is 0 Å². The molecular weight excluding hydrogens is 256 g/mol. The van der Waals surface area contributed by atoms with Crippen molar-refractivity contribution in [1.82, 2.24) is 0 Å². The molecule has 1 heterocycles. The molecular formula is C20H24O. The van der Waals surface area contributed by atoms with E-state index < -0.39 is 0 Å². The van der Waals surface area contributed by atoms with Crippen LogP contribution in [-0.4, -0.2) is 0 Å². The summed E-state index contributed by atoms with van der Waals surface area (Å²) in [6.07, 6.45) is 0. The summed E-state index contributed by atoms with van der Waals surface area (Å²) in [7, 11) is 0. The number of hydrogen-bond acceptors (Lipinski definition) is 1. The van der Waals surface area contributed by atoms with Crippen LogP contribution in [0.3, 0.4) is 0 Å². The van der Waals surface area contributed by atoms with E-state index in [1.807, 2.05) is 0 Å². The van der Waals surface area contributed by atoms with Crippen LogP contribution in [0.5, 0.6) is 0 Å². The van der Waals surface area contributed by atoms with Crippen molar-refractivity contribution in [3.8, 4) is 0 Å². The Kier molecular flexibility index (Phi) is 2.95. The molecule has 0 fully saturated rings. The lowest BCUT2D eigenvalue weighted by Gasteiger charge is -2.19. The zero-order chi connectivity index (χ0) is 15.4. The predicted molar refractivity (Wildman–Crippen MR) is 91.1 cm³/mol. The maximum Gasteiger partial charge on any atom is 0.139 e. The van der Waals surface area contributed by atoms with Gasteiger partial charge in [0.1, 0.15) is 11.2 Å². The lowest BCUT2D eigenvalue weighted by Crippen LogP contribution is -2.11. The summed E-state index contributed by atoms with van der Waals surface area (Å²) in [5, 5.41) is 2.45. The Morgan fingerprint density at radius 2 is 1.48 bits per heavy atom. The molecule has 0 amide bonds. The number of benzene rings is 2. The molecule has 0 unspecified atom stereocenters. The van der Waals surface area contributed by atoms with Crippen molar-refractivity contribution in [3.05, 3.63) is 47.5 Å². The normalized spacial score (nSPS) is 13.2. The quantitative estimate of drug-likeness (QED) is 0.479. The van der Waals surface area contributed by atoms with Crippen LogP contribution in [0.25, 0.3) is 21.9 Å². The lowest BCUT2D eigenvalue weighted by molar-refractivity contribution is 0.572. The van der Waals surface area contributed by atoms with Gasteiger partial charge in [0.05, 0.1) is 0 Å². The highest BCUT2D eigenvalue weighted by Crippen LogP contribution is 2.37. The van der Waals surface area contributed by atoms with Crippen molar-refractivity contribution in [2.24, 2.45) is 0 Å². The van der Waals surface area contributed by atoms with E-state index in [1.165, 1.54) is 21.9 Å². The van der Waals surface area contributed by atoms with Crippen LogP contribution in [0.15, 0.2) is 40.8 Å². The monoisotopic (exact) mass is 280 g/mol. The second kappa shape index (κ2) is 4.37. The molecule has 0 aliphatic rings. The topological polar surface area (TPSA) is 13.1 Å². The maximum absolute atomic E-state index is 6.18. The molecule has 0 aliphatic heterocycles. The van der Waals surface area contributed by atoms with Gasteiger partial charge in [0.25, 0.3) is 0 Å². The molecule has 1 nitrogen and oxygen atoms in total. The third kappa shape index (κ3) is 2.35. The van der Waals surface area contributed by atoms with Crippen molar-refractivity contribution in [1.29, 1.82) is 0 Å². The molecule has 0 saturated carbocycles. The largest absolute Gasteiger partial charge is 0.456 e. The molecule has 0 N–H and O–H groups in total. The first kappa shape index (κ1) is 14.2. The molecule has 3 rings (SSSR count). The fourth-order valence-electron chi connectivity index (χ4n) is 2.86. The molecule has 3 aromatic rings. The van der Waals surface area contributed by atoms with Gasteiger partial charge >= 0.3 is 0 Å². The van der Waals surface area contributed by atoms with Crippen molar-refractivity contribution in [2.45, 2.75) is 52.4 Å². The summed E-state index contributed by atoms with van der Waals surface area (Å²) in [6.45, 7) is 13.4. The summed E-state index contributed by atoms with van der Waals surface area (Å²) in [6, 6.07) is 13.1. The van der Waals surface area contributed by atoms with Crippen molar-refractivity contribution in [2.75, 3.05) is 0 Å². The molecule has 1 aromatic heterocycles. The Morgan fingerprint density at radius 1 is 0.762 bits per heavy atom. The van der Waals surface area contributed by atoms with Gasteiger partial charge in [-0.25, -0.2) is 0 Å². The smallest absolute Gasteiger partial charge is 0.139 e. The second-order valence-corrected chi connectivity index (χ2v) is 8.00. The van der Waals surface area contributed by atoms with Crippen LogP contribution < -0.4 is 0 Å². The van der Waals surface area contributed by atoms with Crippen LogP contribution in [0, 0.1) is 0 Å². The fourth-order valence-corrected chi connectivity index (χ4v) is 2.86. The Morgan fingerprint density at radius 3 is 2.10 bits per heavy atom. The number of hydrogen-bond donors (Lipinski definition) is 0. The van der Waals surface area contributed by atoms with Crippen LogP contribution in [0.1, 0.15) is 52.7 Å². The summed E-state index contributed by atoms with van der Waals surface area (Å²) >= 11 is 0. The minimum absolute atomic E-state index is 0.0836. The molecule has 2 aromatic carbocycles. The van der Waals surface area contributed by atoms with E-state index in [4.69, 9.17) is 4.42 Å². The number of furan rings is 1. The summed E-state index contributed by atoms with van der Waals surface area (Å²) in [4.78, 5) is 0. The zero-order valence-corrected chi connectivity index (χ0v) is 13.9. The maximum atomic E-state index is 6.18. The van der Waals surface area contributed by atoms with Gasteiger partial charge in [-0.05, 0) is 28.5 Å². The van der Waals surface area contributed by atoms with E-state index in [0.29, 0.717) is 0 Å². The Bertz CT molecular complexity index is 807. The van der Waals surface area contributed by atoms with Crippen LogP contribution in [0.4, 0.5) is 0 Å². The van der Waals surface area contributed by atoms with E-state index in [0.717, 1.165) is 11.2 Å². The average Bonchev–Trinajstić information content (AvgIpc) is 2.73. The number of rotatable bonds is 0. The second-order valence-electron chi connectivity index (χ2n) is 8.00. The van der Waals surface area contributed by atoms with Crippen molar-refractivity contribution >= 4 is 21.9 Å². The SMILES string of the molecule is CC(C)(C)c1ccc2oc3c(C(C)(C)C)cccc3c2c1. The average molecular weight is 280 g/mol. The van der Waals surface area contributed by atoms with E-state index in [-0.39, 0.29) is 10.8 Å². The molecule has 1 heteroatoms. The molecule has 0 bridgehead atoms. The minimum atomic E-state index is 0.0836. The Hall–Kier alpha value is -1.76. The molecule has 0 saturated heterocycles. The van der Waals surface area contributed by atoms with Gasteiger partial charge in [-0.2, -0.15) is 0 Å². The van der Waals surface area contributed by atoms with Gasteiger partial charge in [-0.1, -0.05) is 65.8 Å². The predicted octanol–water partition coefficient (Wildman–Crippen LogP) is 6.18. The summed E-state index contributed by atoms with van der Waals surface area (Å²) < 4.78 is 6.18. The molecule has 0 spiro atoms. The summed E-state index contributed by atoms with van der Waals surface area (Å²) in [5.41, 5.74) is 4.87. The first-order valence-corrected chi connectivity index (χ1v) is 7.64. The Balaban J connectivity index is 2.37. The van der Waals surface area contributed by atoms with Gasteiger partial charge < -0.3 is 4.42 Å². The minimum Gasteiger partial charge on any atom is -0.456 e. The van der Waals surface area contributed by atoms with Gasteiger partial charge in [0.2, 0.25) is 0 Å². The molecule has 0 atom stereocenters. The van der Waals surface area contributed by atoms with Crippen molar-refractivity contribution in [3.63, 3.8) is 0 Å². The van der Waals surface area contributed by atoms with E-state index in [2.05, 4.69) is 77.9 Å². The molecule has 0 radical (unpaired) electrons. The van der Waals surface area contributed by atoms with E-state index in [1.54, 1.807) is 0 Å². The van der Waals surface area contributed by atoms with Crippen LogP contribution in [0.2, 0.25) is 0 Å². The summed E-state index contributed by atoms with van der Waals surface area (Å²) in [5.74, 6) is 0. The third-order valence-corrected chi connectivity index (χ3v) is 4.17. The molecule has 110 valence electrons. The van der Waals surface area contributed by atoms with Gasteiger partial charge in [0.15, 0.2) is 0 Å². The number of fused-ring (bicyclic) bond motifs is 3. The Labute approximate surface area is 127 Å². The first-order valence-electron chi connectivity index (χ1n) is 7.64. The fraction of sp³-hybridized carbons (Fsp3) is 0.400. The van der Waals surface area contributed by atoms with Crippen LogP contribution >= 0.6 is 0 Å². The third-order valence-electron chi connectivity index (χ3n) is 4.17.